The number of carbonyl (C=O) groups is 1. The second-order valence-corrected chi connectivity index (χ2v) is 2.49. The van der Waals surface area contributed by atoms with Gasteiger partial charge in [-0.2, -0.15) is 0 Å². The summed E-state index contributed by atoms with van der Waals surface area (Å²) in [6.07, 6.45) is 1.54. The van der Waals surface area contributed by atoms with Crippen molar-refractivity contribution in [3.05, 3.63) is 23.2 Å². The third kappa shape index (κ3) is 1.48. The number of nitrogens with one attached hydrogen (secondary N) is 1. The molecule has 0 aliphatic carbocycles. The minimum atomic E-state index is -0.277. The first kappa shape index (κ1) is 8.80. The van der Waals surface area contributed by atoms with E-state index in [1.807, 2.05) is 0 Å². The van der Waals surface area contributed by atoms with Crippen LogP contribution in [0.1, 0.15) is 21.7 Å². The molecule has 12 heavy (non-hydrogen) atoms. The Morgan fingerprint density at radius 1 is 1.58 bits per heavy atom. The molecule has 1 aromatic heterocycles. The van der Waals surface area contributed by atoms with Crippen LogP contribution in [0.2, 0.25) is 0 Å². The summed E-state index contributed by atoms with van der Waals surface area (Å²) in [5.74, 6) is 0.323. The molecule has 1 N–H and O–H groups in total. The van der Waals surface area contributed by atoms with E-state index in [-0.39, 0.29) is 5.91 Å². The van der Waals surface area contributed by atoms with Crippen molar-refractivity contribution in [2.45, 2.75) is 13.8 Å². The maximum Gasteiger partial charge on any atom is 0.278 e. The van der Waals surface area contributed by atoms with E-state index in [0.717, 1.165) is 5.56 Å². The molecule has 0 aromatic carbocycles. The van der Waals surface area contributed by atoms with Crippen LogP contribution >= 0.6 is 0 Å². The summed E-state index contributed by atoms with van der Waals surface area (Å²) in [5, 5.41) is 0. The molecule has 0 aliphatic rings. The van der Waals surface area contributed by atoms with Gasteiger partial charge in [0, 0.05) is 5.56 Å². The van der Waals surface area contributed by atoms with Crippen LogP contribution in [0.4, 0.5) is 0 Å². The molecule has 0 unspecified atom stereocenters. The van der Waals surface area contributed by atoms with Crippen LogP contribution < -0.4 is 5.48 Å². The summed E-state index contributed by atoms with van der Waals surface area (Å²) in [5.41, 5.74) is 3.58. The fourth-order valence-corrected chi connectivity index (χ4v) is 1.05. The van der Waals surface area contributed by atoms with Gasteiger partial charge < -0.3 is 4.42 Å². The van der Waals surface area contributed by atoms with E-state index >= 15 is 0 Å². The summed E-state index contributed by atoms with van der Waals surface area (Å²) in [6.45, 7) is 3.54. The van der Waals surface area contributed by atoms with Gasteiger partial charge in [-0.1, -0.05) is 0 Å². The van der Waals surface area contributed by atoms with Gasteiger partial charge >= 0.3 is 0 Å². The van der Waals surface area contributed by atoms with Crippen LogP contribution in [0, 0.1) is 13.8 Å². The third-order valence-corrected chi connectivity index (χ3v) is 1.58. The monoisotopic (exact) mass is 169 g/mol. The number of carbonyl (C=O) groups excluding carboxylic acids is 1. The minimum Gasteiger partial charge on any atom is -0.469 e. The molecule has 1 heterocycles. The first-order chi connectivity index (χ1) is 5.66. The Labute approximate surface area is 70.5 Å². The molecule has 0 saturated carbocycles. The Morgan fingerprint density at radius 3 is 2.67 bits per heavy atom. The molecule has 1 amide bonds. The van der Waals surface area contributed by atoms with E-state index < -0.39 is 0 Å². The number of aryl methyl sites for hydroxylation is 2. The zero-order chi connectivity index (χ0) is 9.14. The molecule has 0 saturated heterocycles. The topological polar surface area (TPSA) is 51.5 Å². The Morgan fingerprint density at radius 2 is 2.25 bits per heavy atom. The van der Waals surface area contributed by atoms with Crippen molar-refractivity contribution >= 4 is 5.91 Å². The number of hydroxylamine groups is 1. The first-order valence-electron chi connectivity index (χ1n) is 3.54. The lowest BCUT2D eigenvalue weighted by atomic mass is 10.1. The second kappa shape index (κ2) is 3.40. The Bertz CT molecular complexity index is 271. The number of furan rings is 1. The van der Waals surface area contributed by atoms with Gasteiger partial charge in [0.05, 0.1) is 18.9 Å². The van der Waals surface area contributed by atoms with Crippen molar-refractivity contribution in [3.63, 3.8) is 0 Å². The van der Waals surface area contributed by atoms with Crippen LogP contribution in [0.25, 0.3) is 0 Å². The van der Waals surface area contributed by atoms with Crippen molar-refractivity contribution < 1.29 is 14.0 Å². The molecule has 0 fully saturated rings. The maximum atomic E-state index is 11.3. The lowest BCUT2D eigenvalue weighted by molar-refractivity contribution is 0.0535. The average Bonchev–Trinajstić information content (AvgIpc) is 2.32. The van der Waals surface area contributed by atoms with Crippen LogP contribution in [-0.2, 0) is 4.84 Å². The molecule has 66 valence electrons. The lowest BCUT2D eigenvalue weighted by Crippen LogP contribution is -2.22. The largest absolute Gasteiger partial charge is 0.469 e. The number of hydrogen-bond donors (Lipinski definition) is 1. The molecule has 4 heteroatoms. The zero-order valence-corrected chi connectivity index (χ0v) is 7.30. The van der Waals surface area contributed by atoms with Crippen molar-refractivity contribution in [2.24, 2.45) is 0 Å². The predicted molar refractivity (Wildman–Crippen MR) is 42.7 cm³/mol. The van der Waals surface area contributed by atoms with Gasteiger partial charge in [-0.05, 0) is 13.8 Å². The van der Waals surface area contributed by atoms with E-state index in [1.165, 1.54) is 7.11 Å². The van der Waals surface area contributed by atoms with Crippen LogP contribution in [0.15, 0.2) is 10.7 Å². The summed E-state index contributed by atoms with van der Waals surface area (Å²) in [6, 6.07) is 0. The van der Waals surface area contributed by atoms with Crippen LogP contribution in [0.5, 0.6) is 0 Å². The van der Waals surface area contributed by atoms with Crippen molar-refractivity contribution in [3.8, 4) is 0 Å². The van der Waals surface area contributed by atoms with E-state index in [1.54, 1.807) is 20.1 Å². The highest BCUT2D eigenvalue weighted by Gasteiger charge is 2.14. The highest BCUT2D eigenvalue weighted by molar-refractivity contribution is 5.95. The number of amides is 1. The van der Waals surface area contributed by atoms with E-state index in [4.69, 9.17) is 4.42 Å². The smallest absolute Gasteiger partial charge is 0.278 e. The van der Waals surface area contributed by atoms with Crippen molar-refractivity contribution in [1.82, 2.24) is 5.48 Å². The third-order valence-electron chi connectivity index (χ3n) is 1.58. The van der Waals surface area contributed by atoms with Gasteiger partial charge in [-0.3, -0.25) is 9.63 Å². The van der Waals surface area contributed by atoms with E-state index in [9.17, 15) is 4.79 Å². The van der Waals surface area contributed by atoms with Gasteiger partial charge in [-0.25, -0.2) is 5.48 Å². The van der Waals surface area contributed by atoms with Crippen LogP contribution in [-0.4, -0.2) is 13.0 Å². The molecule has 0 atom stereocenters. The van der Waals surface area contributed by atoms with Gasteiger partial charge in [0.25, 0.3) is 5.91 Å². The molecule has 1 rings (SSSR count). The van der Waals surface area contributed by atoms with Crippen LogP contribution in [0.3, 0.4) is 0 Å². The lowest BCUT2D eigenvalue weighted by Gasteiger charge is -2.00. The second-order valence-electron chi connectivity index (χ2n) is 2.49. The standard InChI is InChI=1S/C8H11NO3/c1-5-4-12-6(2)7(5)8(10)9-11-3/h4H,1-3H3,(H,9,10). The normalized spacial score (nSPS) is 9.92. The predicted octanol–water partition coefficient (Wildman–Crippen LogP) is 1.19. The Kier molecular flexibility index (Phi) is 2.50. The SMILES string of the molecule is CONC(=O)c1c(C)coc1C. The highest BCUT2D eigenvalue weighted by Crippen LogP contribution is 2.14. The van der Waals surface area contributed by atoms with Gasteiger partial charge in [0.1, 0.15) is 5.76 Å². The average molecular weight is 169 g/mol. The summed E-state index contributed by atoms with van der Waals surface area (Å²) in [7, 11) is 1.39. The van der Waals surface area contributed by atoms with E-state index in [0.29, 0.717) is 11.3 Å². The fourth-order valence-electron chi connectivity index (χ4n) is 1.05. The highest BCUT2D eigenvalue weighted by atomic mass is 16.6. The van der Waals surface area contributed by atoms with Gasteiger partial charge in [0.15, 0.2) is 0 Å². The summed E-state index contributed by atoms with van der Waals surface area (Å²) < 4.78 is 5.05. The maximum absolute atomic E-state index is 11.3. The zero-order valence-electron chi connectivity index (χ0n) is 7.30. The van der Waals surface area contributed by atoms with Crippen molar-refractivity contribution in [1.29, 1.82) is 0 Å². The quantitative estimate of drug-likeness (QED) is 0.676. The first-order valence-corrected chi connectivity index (χ1v) is 3.54. The minimum absolute atomic E-state index is 0.277. The summed E-state index contributed by atoms with van der Waals surface area (Å²) >= 11 is 0. The number of rotatable bonds is 2. The molecular formula is C8H11NO3. The molecule has 1 aromatic rings. The Hall–Kier alpha value is -1.29. The van der Waals surface area contributed by atoms with E-state index in [2.05, 4.69) is 10.3 Å². The fraction of sp³-hybridized carbons (Fsp3) is 0.375. The molecule has 0 aliphatic heterocycles. The Balaban J connectivity index is 2.93. The number of hydrogen-bond acceptors (Lipinski definition) is 3. The van der Waals surface area contributed by atoms with Crippen molar-refractivity contribution in [2.75, 3.05) is 7.11 Å². The van der Waals surface area contributed by atoms with Gasteiger partial charge in [-0.15, -0.1) is 0 Å². The summed E-state index contributed by atoms with van der Waals surface area (Å²) in [4.78, 5) is 15.7. The molecular weight excluding hydrogens is 158 g/mol. The van der Waals surface area contributed by atoms with Gasteiger partial charge in [0.2, 0.25) is 0 Å². The molecule has 0 spiro atoms. The molecule has 0 bridgehead atoms. The molecule has 4 nitrogen and oxygen atoms in total. The molecule has 0 radical (unpaired) electrons.